The monoisotopic (exact) mass is 356 g/mol. The van der Waals surface area contributed by atoms with Crippen molar-refractivity contribution in [2.75, 3.05) is 13.2 Å². The summed E-state index contributed by atoms with van der Waals surface area (Å²) in [7, 11) is 0. The SMILES string of the molecule is CCCCCCCCOC(CCC(C)(C)C)OCCCCCCCC. The first kappa shape index (κ1) is 24.9. The maximum atomic E-state index is 6.07. The number of rotatable bonds is 18. The van der Waals surface area contributed by atoms with Crippen molar-refractivity contribution in [3.63, 3.8) is 0 Å². The molecule has 2 nitrogen and oxygen atoms in total. The second-order valence-electron chi connectivity index (χ2n) is 8.81. The molecule has 0 aromatic rings. The summed E-state index contributed by atoms with van der Waals surface area (Å²) in [6.45, 7) is 13.1. The second-order valence-corrected chi connectivity index (χ2v) is 8.81. The standard InChI is InChI=1S/C23H48O2/c1-6-8-10-12-14-16-20-24-22(18-19-23(3,4)5)25-21-17-15-13-11-9-7-2/h22H,6-21H2,1-5H3. The zero-order chi connectivity index (χ0) is 18.8. The van der Waals surface area contributed by atoms with E-state index in [0.717, 1.165) is 26.1 Å². The van der Waals surface area contributed by atoms with Gasteiger partial charge in [-0.3, -0.25) is 0 Å². The molecule has 0 unspecified atom stereocenters. The highest BCUT2D eigenvalue weighted by Gasteiger charge is 2.16. The molecule has 2 heteroatoms. The first-order valence-electron chi connectivity index (χ1n) is 11.2. The molecule has 0 rings (SSSR count). The van der Waals surface area contributed by atoms with Gasteiger partial charge in [0.1, 0.15) is 0 Å². The Morgan fingerprint density at radius 3 is 1.40 bits per heavy atom. The zero-order valence-corrected chi connectivity index (χ0v) is 18.2. The van der Waals surface area contributed by atoms with Crippen LogP contribution in [0.1, 0.15) is 125 Å². The van der Waals surface area contributed by atoms with Crippen LogP contribution in [0.25, 0.3) is 0 Å². The van der Waals surface area contributed by atoms with Crippen LogP contribution < -0.4 is 0 Å². The lowest BCUT2D eigenvalue weighted by molar-refractivity contribution is -0.150. The summed E-state index contributed by atoms with van der Waals surface area (Å²) in [5, 5.41) is 0. The molecule has 0 saturated heterocycles. The molecule has 152 valence electrons. The number of ether oxygens (including phenoxy) is 2. The molecule has 0 aromatic carbocycles. The predicted molar refractivity (Wildman–Crippen MR) is 111 cm³/mol. The molecule has 0 bridgehead atoms. The molecule has 0 aliphatic rings. The predicted octanol–water partition coefficient (Wildman–Crippen LogP) is 7.89. The molecule has 0 aliphatic carbocycles. The van der Waals surface area contributed by atoms with E-state index >= 15 is 0 Å². The van der Waals surface area contributed by atoms with Crippen LogP contribution in [0.5, 0.6) is 0 Å². The molecule has 0 atom stereocenters. The van der Waals surface area contributed by atoms with E-state index in [-0.39, 0.29) is 6.29 Å². The second kappa shape index (κ2) is 17.3. The normalized spacial score (nSPS) is 12.2. The van der Waals surface area contributed by atoms with Gasteiger partial charge in [0.15, 0.2) is 6.29 Å². The summed E-state index contributed by atoms with van der Waals surface area (Å²) in [6.07, 6.45) is 18.0. The topological polar surface area (TPSA) is 18.5 Å². The lowest BCUT2D eigenvalue weighted by Gasteiger charge is -2.24. The number of hydrogen-bond donors (Lipinski definition) is 0. The third kappa shape index (κ3) is 20.1. The van der Waals surface area contributed by atoms with Gasteiger partial charge in [-0.05, 0) is 31.1 Å². The highest BCUT2D eigenvalue weighted by molar-refractivity contribution is 4.63. The molecule has 0 fully saturated rings. The molecule has 0 aromatic heterocycles. The Balaban J connectivity index is 3.83. The van der Waals surface area contributed by atoms with Crippen LogP contribution in [0.3, 0.4) is 0 Å². The fraction of sp³-hybridized carbons (Fsp3) is 1.00. The molecule has 0 saturated carbocycles. The minimum absolute atomic E-state index is 0.00510. The molecule has 0 aliphatic heterocycles. The minimum atomic E-state index is 0.00510. The molecular weight excluding hydrogens is 308 g/mol. The maximum absolute atomic E-state index is 6.07. The molecule has 0 N–H and O–H groups in total. The van der Waals surface area contributed by atoms with Crippen LogP contribution in [0, 0.1) is 5.41 Å². The summed E-state index contributed by atoms with van der Waals surface area (Å²) < 4.78 is 12.1. The van der Waals surface area contributed by atoms with E-state index < -0.39 is 0 Å². The van der Waals surface area contributed by atoms with Gasteiger partial charge in [0, 0.05) is 13.2 Å². The van der Waals surface area contributed by atoms with E-state index in [1.54, 1.807) is 0 Å². The average Bonchev–Trinajstić information content (AvgIpc) is 2.56. The summed E-state index contributed by atoms with van der Waals surface area (Å²) in [5.74, 6) is 0. The lowest BCUT2D eigenvalue weighted by atomic mass is 9.90. The summed E-state index contributed by atoms with van der Waals surface area (Å²) >= 11 is 0. The Morgan fingerprint density at radius 2 is 1.00 bits per heavy atom. The van der Waals surface area contributed by atoms with E-state index in [1.165, 1.54) is 77.0 Å². The fourth-order valence-corrected chi connectivity index (χ4v) is 2.96. The maximum Gasteiger partial charge on any atom is 0.157 e. The number of unbranched alkanes of at least 4 members (excludes halogenated alkanes) is 10. The third-order valence-corrected chi connectivity index (χ3v) is 4.73. The first-order chi connectivity index (χ1) is 12.0. The van der Waals surface area contributed by atoms with Crippen molar-refractivity contribution in [1.29, 1.82) is 0 Å². The average molecular weight is 357 g/mol. The van der Waals surface area contributed by atoms with E-state index in [9.17, 15) is 0 Å². The number of hydrogen-bond acceptors (Lipinski definition) is 2. The van der Waals surface area contributed by atoms with Crippen LogP contribution in [-0.4, -0.2) is 19.5 Å². The van der Waals surface area contributed by atoms with Crippen LogP contribution in [0.2, 0.25) is 0 Å². The summed E-state index contributed by atoms with van der Waals surface area (Å²) in [5.41, 5.74) is 0.352. The highest BCUT2D eigenvalue weighted by atomic mass is 16.7. The molecule has 25 heavy (non-hydrogen) atoms. The van der Waals surface area contributed by atoms with Gasteiger partial charge in [-0.1, -0.05) is 98.8 Å². The minimum Gasteiger partial charge on any atom is -0.353 e. The van der Waals surface area contributed by atoms with Crippen molar-refractivity contribution in [3.8, 4) is 0 Å². The van der Waals surface area contributed by atoms with Gasteiger partial charge in [0.05, 0.1) is 0 Å². The van der Waals surface area contributed by atoms with Crippen LogP contribution in [0.15, 0.2) is 0 Å². The Kier molecular flexibility index (Phi) is 17.3. The Hall–Kier alpha value is -0.0800. The lowest BCUT2D eigenvalue weighted by Crippen LogP contribution is -2.21. The van der Waals surface area contributed by atoms with E-state index in [0.29, 0.717) is 5.41 Å². The molecule has 0 heterocycles. The van der Waals surface area contributed by atoms with E-state index in [2.05, 4.69) is 34.6 Å². The Morgan fingerprint density at radius 1 is 0.600 bits per heavy atom. The Bertz CT molecular complexity index is 239. The van der Waals surface area contributed by atoms with Gasteiger partial charge in [-0.15, -0.1) is 0 Å². The first-order valence-corrected chi connectivity index (χ1v) is 11.2. The zero-order valence-electron chi connectivity index (χ0n) is 18.2. The van der Waals surface area contributed by atoms with Crippen LogP contribution in [-0.2, 0) is 9.47 Å². The summed E-state index contributed by atoms with van der Waals surface area (Å²) in [6, 6.07) is 0. The Labute approximate surface area is 159 Å². The van der Waals surface area contributed by atoms with Crippen LogP contribution in [0.4, 0.5) is 0 Å². The highest BCUT2D eigenvalue weighted by Crippen LogP contribution is 2.23. The molecule has 0 spiro atoms. The van der Waals surface area contributed by atoms with Crippen molar-refractivity contribution in [3.05, 3.63) is 0 Å². The van der Waals surface area contributed by atoms with Crippen molar-refractivity contribution in [1.82, 2.24) is 0 Å². The van der Waals surface area contributed by atoms with Gasteiger partial charge >= 0.3 is 0 Å². The molecule has 0 radical (unpaired) electrons. The quantitative estimate of drug-likeness (QED) is 0.183. The van der Waals surface area contributed by atoms with Crippen LogP contribution >= 0.6 is 0 Å². The van der Waals surface area contributed by atoms with E-state index in [4.69, 9.17) is 9.47 Å². The van der Waals surface area contributed by atoms with Gasteiger partial charge in [-0.2, -0.15) is 0 Å². The summed E-state index contributed by atoms with van der Waals surface area (Å²) in [4.78, 5) is 0. The van der Waals surface area contributed by atoms with Gasteiger partial charge < -0.3 is 9.47 Å². The smallest absolute Gasteiger partial charge is 0.157 e. The van der Waals surface area contributed by atoms with E-state index in [1.807, 2.05) is 0 Å². The molecule has 0 amide bonds. The van der Waals surface area contributed by atoms with Gasteiger partial charge in [-0.25, -0.2) is 0 Å². The third-order valence-electron chi connectivity index (χ3n) is 4.73. The molecular formula is C23H48O2. The van der Waals surface area contributed by atoms with Crippen molar-refractivity contribution in [2.45, 2.75) is 131 Å². The van der Waals surface area contributed by atoms with Crippen molar-refractivity contribution in [2.24, 2.45) is 5.41 Å². The van der Waals surface area contributed by atoms with Gasteiger partial charge in [0.25, 0.3) is 0 Å². The fourth-order valence-electron chi connectivity index (χ4n) is 2.96. The van der Waals surface area contributed by atoms with Gasteiger partial charge in [0.2, 0.25) is 0 Å². The largest absolute Gasteiger partial charge is 0.353 e. The van der Waals surface area contributed by atoms with Crippen molar-refractivity contribution < 1.29 is 9.47 Å². The van der Waals surface area contributed by atoms with Crippen molar-refractivity contribution >= 4 is 0 Å².